The molecule has 4 nitrogen and oxygen atoms in total. The number of rotatable bonds is 5. The first-order chi connectivity index (χ1) is 11.6. The van der Waals surface area contributed by atoms with Gasteiger partial charge < -0.3 is 10.1 Å². The van der Waals surface area contributed by atoms with Crippen LogP contribution in [0.25, 0.3) is 10.9 Å². The number of hydrogen-bond donors (Lipinski definition) is 1. The second kappa shape index (κ2) is 7.08. The Balaban J connectivity index is 1.62. The van der Waals surface area contributed by atoms with Gasteiger partial charge in [-0.2, -0.15) is 0 Å². The molecule has 3 rings (SSSR count). The van der Waals surface area contributed by atoms with Crippen molar-refractivity contribution in [1.29, 1.82) is 0 Å². The van der Waals surface area contributed by atoms with Gasteiger partial charge in [-0.1, -0.05) is 30.3 Å². The molecule has 1 atom stereocenters. The molecule has 5 heteroatoms. The van der Waals surface area contributed by atoms with Crippen LogP contribution in [-0.4, -0.2) is 17.5 Å². The van der Waals surface area contributed by atoms with Crippen molar-refractivity contribution in [3.05, 3.63) is 72.2 Å². The number of benzene rings is 2. The van der Waals surface area contributed by atoms with E-state index in [9.17, 15) is 9.18 Å². The van der Waals surface area contributed by atoms with Crippen molar-refractivity contribution in [3.8, 4) is 5.75 Å². The molecule has 0 unspecified atom stereocenters. The number of carbonyl (C=O) groups is 1. The zero-order chi connectivity index (χ0) is 16.9. The van der Waals surface area contributed by atoms with E-state index in [0.29, 0.717) is 5.75 Å². The van der Waals surface area contributed by atoms with Gasteiger partial charge in [-0.15, -0.1) is 0 Å². The number of ether oxygens (including phenoxy) is 1. The fourth-order valence-corrected chi connectivity index (χ4v) is 2.45. The normalized spacial score (nSPS) is 11.9. The first-order valence-electron chi connectivity index (χ1n) is 7.65. The first kappa shape index (κ1) is 15.9. The molecule has 0 fully saturated rings. The number of halogens is 1. The van der Waals surface area contributed by atoms with Crippen LogP contribution in [0.3, 0.4) is 0 Å². The quantitative estimate of drug-likeness (QED) is 0.780. The molecular formula is C19H17FN2O2. The lowest BCUT2D eigenvalue weighted by molar-refractivity contribution is -0.123. The summed E-state index contributed by atoms with van der Waals surface area (Å²) in [7, 11) is 0. The second-order valence-corrected chi connectivity index (χ2v) is 5.46. The highest BCUT2D eigenvalue weighted by molar-refractivity contribution is 5.85. The minimum atomic E-state index is -0.302. The largest absolute Gasteiger partial charge is 0.481 e. The Morgan fingerprint density at radius 1 is 1.17 bits per heavy atom. The summed E-state index contributed by atoms with van der Waals surface area (Å²) in [6, 6.07) is 15.2. The fraction of sp³-hybridized carbons (Fsp3) is 0.158. The molecule has 2 aromatic carbocycles. The zero-order valence-corrected chi connectivity index (χ0v) is 13.2. The van der Waals surface area contributed by atoms with Crippen molar-refractivity contribution in [2.45, 2.75) is 13.0 Å². The summed E-state index contributed by atoms with van der Waals surface area (Å²) in [4.78, 5) is 16.4. The zero-order valence-electron chi connectivity index (χ0n) is 13.2. The van der Waals surface area contributed by atoms with Crippen LogP contribution in [0.5, 0.6) is 5.75 Å². The summed E-state index contributed by atoms with van der Waals surface area (Å²) < 4.78 is 18.5. The summed E-state index contributed by atoms with van der Waals surface area (Å²) in [5.74, 6) is 0.0153. The van der Waals surface area contributed by atoms with E-state index in [1.165, 1.54) is 12.1 Å². The van der Waals surface area contributed by atoms with Crippen molar-refractivity contribution in [2.24, 2.45) is 0 Å². The van der Waals surface area contributed by atoms with E-state index in [-0.39, 0.29) is 24.4 Å². The minimum Gasteiger partial charge on any atom is -0.481 e. The van der Waals surface area contributed by atoms with Crippen LogP contribution >= 0.6 is 0 Å². The van der Waals surface area contributed by atoms with E-state index in [1.54, 1.807) is 24.4 Å². The predicted molar refractivity (Wildman–Crippen MR) is 90.2 cm³/mol. The number of pyridine rings is 1. The first-order valence-corrected chi connectivity index (χ1v) is 7.65. The molecule has 1 amide bonds. The van der Waals surface area contributed by atoms with Gasteiger partial charge in [-0.25, -0.2) is 4.39 Å². The van der Waals surface area contributed by atoms with E-state index < -0.39 is 0 Å². The highest BCUT2D eigenvalue weighted by Crippen LogP contribution is 2.22. The number of nitrogens with one attached hydrogen (secondary N) is 1. The van der Waals surface area contributed by atoms with Gasteiger partial charge >= 0.3 is 0 Å². The number of para-hydroxylation sites is 1. The second-order valence-electron chi connectivity index (χ2n) is 5.46. The third-order valence-corrected chi connectivity index (χ3v) is 3.70. The SMILES string of the molecule is C[C@H](NC(=O)COc1cccc2cccnc12)c1ccc(F)cc1. The van der Waals surface area contributed by atoms with Crippen LogP contribution in [-0.2, 0) is 4.79 Å². The summed E-state index contributed by atoms with van der Waals surface area (Å²) in [6.07, 6.45) is 1.69. The van der Waals surface area contributed by atoms with Crippen LogP contribution in [0.4, 0.5) is 4.39 Å². The molecule has 3 aromatic rings. The average molecular weight is 324 g/mol. The molecule has 1 heterocycles. The van der Waals surface area contributed by atoms with E-state index in [0.717, 1.165) is 16.5 Å². The molecule has 1 N–H and O–H groups in total. The van der Waals surface area contributed by atoms with Crippen LogP contribution < -0.4 is 10.1 Å². The lowest BCUT2D eigenvalue weighted by atomic mass is 10.1. The number of fused-ring (bicyclic) bond motifs is 1. The summed E-state index contributed by atoms with van der Waals surface area (Å²) in [6.45, 7) is 1.73. The fourth-order valence-electron chi connectivity index (χ4n) is 2.45. The van der Waals surface area contributed by atoms with E-state index in [2.05, 4.69) is 10.3 Å². The van der Waals surface area contributed by atoms with Crippen molar-refractivity contribution in [3.63, 3.8) is 0 Å². The molecule has 0 bridgehead atoms. The summed E-state index contributed by atoms with van der Waals surface area (Å²) in [5, 5.41) is 3.78. The maximum absolute atomic E-state index is 12.9. The monoisotopic (exact) mass is 324 g/mol. The molecule has 1 aromatic heterocycles. The maximum atomic E-state index is 12.9. The third-order valence-electron chi connectivity index (χ3n) is 3.70. The lowest BCUT2D eigenvalue weighted by Gasteiger charge is -2.15. The van der Waals surface area contributed by atoms with Crippen LogP contribution in [0.15, 0.2) is 60.8 Å². The van der Waals surface area contributed by atoms with Gasteiger partial charge in [-0.05, 0) is 36.8 Å². The van der Waals surface area contributed by atoms with Crippen molar-refractivity contribution in [2.75, 3.05) is 6.61 Å². The molecule has 0 aliphatic carbocycles. The van der Waals surface area contributed by atoms with Crippen molar-refractivity contribution < 1.29 is 13.9 Å². The Morgan fingerprint density at radius 2 is 1.92 bits per heavy atom. The number of hydrogen-bond acceptors (Lipinski definition) is 3. The molecule has 0 radical (unpaired) electrons. The third kappa shape index (κ3) is 3.68. The molecule has 0 aliphatic heterocycles. The van der Waals surface area contributed by atoms with Gasteiger partial charge in [0.1, 0.15) is 17.1 Å². The molecule has 24 heavy (non-hydrogen) atoms. The Morgan fingerprint density at radius 3 is 2.71 bits per heavy atom. The van der Waals surface area contributed by atoms with Gasteiger partial charge in [0.05, 0.1) is 6.04 Å². The number of nitrogens with zero attached hydrogens (tertiary/aromatic N) is 1. The Labute approximate surface area is 139 Å². The predicted octanol–water partition coefficient (Wildman–Crippen LogP) is 3.63. The molecule has 0 aliphatic rings. The van der Waals surface area contributed by atoms with Crippen LogP contribution in [0.1, 0.15) is 18.5 Å². The topological polar surface area (TPSA) is 51.2 Å². The van der Waals surface area contributed by atoms with Gasteiger partial charge in [-0.3, -0.25) is 9.78 Å². The Hall–Kier alpha value is -2.95. The molecular weight excluding hydrogens is 307 g/mol. The van der Waals surface area contributed by atoms with Crippen LogP contribution in [0.2, 0.25) is 0 Å². The van der Waals surface area contributed by atoms with Crippen molar-refractivity contribution >= 4 is 16.8 Å². The van der Waals surface area contributed by atoms with Gasteiger partial charge in [0.25, 0.3) is 5.91 Å². The van der Waals surface area contributed by atoms with E-state index in [1.807, 2.05) is 31.2 Å². The highest BCUT2D eigenvalue weighted by atomic mass is 19.1. The average Bonchev–Trinajstić information content (AvgIpc) is 2.60. The summed E-state index contributed by atoms with van der Waals surface area (Å²) in [5.41, 5.74) is 1.55. The number of carbonyl (C=O) groups excluding carboxylic acids is 1. The van der Waals surface area contributed by atoms with Crippen molar-refractivity contribution in [1.82, 2.24) is 10.3 Å². The molecule has 0 saturated heterocycles. The smallest absolute Gasteiger partial charge is 0.258 e. The Bertz CT molecular complexity index is 844. The molecule has 0 saturated carbocycles. The van der Waals surface area contributed by atoms with Gasteiger partial charge in [0.15, 0.2) is 6.61 Å². The van der Waals surface area contributed by atoms with Gasteiger partial charge in [0.2, 0.25) is 0 Å². The van der Waals surface area contributed by atoms with Gasteiger partial charge in [0, 0.05) is 11.6 Å². The Kier molecular flexibility index (Phi) is 4.70. The van der Waals surface area contributed by atoms with E-state index in [4.69, 9.17) is 4.74 Å². The van der Waals surface area contributed by atoms with Crippen LogP contribution in [0, 0.1) is 5.82 Å². The minimum absolute atomic E-state index is 0.110. The number of aromatic nitrogens is 1. The number of amides is 1. The summed E-state index contributed by atoms with van der Waals surface area (Å²) >= 11 is 0. The molecule has 0 spiro atoms. The standard InChI is InChI=1S/C19H17FN2O2/c1-13(14-7-9-16(20)10-8-14)22-18(23)12-24-17-6-2-4-15-5-3-11-21-19(15)17/h2-11,13H,12H2,1H3,(H,22,23)/t13-/m0/s1. The highest BCUT2D eigenvalue weighted by Gasteiger charge is 2.11. The molecule has 122 valence electrons. The lowest BCUT2D eigenvalue weighted by Crippen LogP contribution is -2.31. The van der Waals surface area contributed by atoms with E-state index >= 15 is 0 Å². The maximum Gasteiger partial charge on any atom is 0.258 e.